The van der Waals surface area contributed by atoms with Crippen LogP contribution in [0.25, 0.3) is 0 Å². The van der Waals surface area contributed by atoms with Crippen LogP contribution in [0.3, 0.4) is 0 Å². The van der Waals surface area contributed by atoms with Gasteiger partial charge < -0.3 is 15.2 Å². The third kappa shape index (κ3) is 3.47. The van der Waals surface area contributed by atoms with Crippen LogP contribution < -0.4 is 10.5 Å². The van der Waals surface area contributed by atoms with Crippen LogP contribution >= 0.6 is 0 Å². The first-order chi connectivity index (χ1) is 7.69. The van der Waals surface area contributed by atoms with Gasteiger partial charge in [0.2, 0.25) is 0 Å². The number of hydrogen-bond acceptors (Lipinski definition) is 3. The van der Waals surface area contributed by atoms with Crippen LogP contribution in [-0.2, 0) is 4.74 Å². The molecule has 0 spiro atoms. The first-order valence-corrected chi connectivity index (χ1v) is 5.27. The molecule has 1 aromatic rings. The molecule has 0 aromatic heterocycles. The summed E-state index contributed by atoms with van der Waals surface area (Å²) in [6, 6.07) is 4.61. The van der Waals surface area contributed by atoms with Gasteiger partial charge in [-0.3, -0.25) is 0 Å². The van der Waals surface area contributed by atoms with Crippen molar-refractivity contribution in [1.29, 1.82) is 0 Å². The largest absolute Gasteiger partial charge is 0.494 e. The normalized spacial score (nSPS) is 12.5. The van der Waals surface area contributed by atoms with E-state index in [2.05, 4.69) is 0 Å². The molecule has 0 aliphatic rings. The topological polar surface area (TPSA) is 44.5 Å². The van der Waals surface area contributed by atoms with Gasteiger partial charge in [0.25, 0.3) is 0 Å². The molecule has 16 heavy (non-hydrogen) atoms. The lowest BCUT2D eigenvalue weighted by Crippen LogP contribution is -2.11. The van der Waals surface area contributed by atoms with Gasteiger partial charge in [-0.2, -0.15) is 0 Å². The van der Waals surface area contributed by atoms with Crippen LogP contribution in [0.15, 0.2) is 18.2 Å². The number of ether oxygens (including phenoxy) is 2. The molecular formula is C12H18FNO2. The molecular weight excluding hydrogens is 209 g/mol. The minimum absolute atomic E-state index is 0.107. The minimum atomic E-state index is -0.365. The van der Waals surface area contributed by atoms with Crippen molar-refractivity contribution in [1.82, 2.24) is 0 Å². The summed E-state index contributed by atoms with van der Waals surface area (Å²) in [5, 5.41) is 0. The predicted molar refractivity (Wildman–Crippen MR) is 61.0 cm³/mol. The lowest BCUT2D eigenvalue weighted by molar-refractivity contribution is 0.190. The number of rotatable bonds is 6. The molecule has 0 saturated heterocycles. The van der Waals surface area contributed by atoms with Gasteiger partial charge in [0, 0.05) is 19.8 Å². The average molecular weight is 227 g/mol. The zero-order valence-corrected chi connectivity index (χ0v) is 9.70. The van der Waals surface area contributed by atoms with Gasteiger partial charge in [0.05, 0.1) is 7.11 Å². The summed E-state index contributed by atoms with van der Waals surface area (Å²) in [7, 11) is 3.10. The van der Waals surface area contributed by atoms with E-state index in [4.69, 9.17) is 15.2 Å². The van der Waals surface area contributed by atoms with E-state index in [0.29, 0.717) is 6.61 Å². The second-order valence-electron chi connectivity index (χ2n) is 3.64. The Hall–Kier alpha value is -1.13. The molecule has 1 rings (SSSR count). The van der Waals surface area contributed by atoms with Gasteiger partial charge in [-0.1, -0.05) is 6.07 Å². The van der Waals surface area contributed by atoms with Crippen molar-refractivity contribution in [3.63, 3.8) is 0 Å². The lowest BCUT2D eigenvalue weighted by atomic mass is 10.0. The maximum Gasteiger partial charge on any atom is 0.165 e. The van der Waals surface area contributed by atoms with E-state index in [1.807, 2.05) is 0 Å². The Balaban J connectivity index is 2.64. The summed E-state index contributed by atoms with van der Waals surface area (Å²) in [5.41, 5.74) is 6.86. The summed E-state index contributed by atoms with van der Waals surface area (Å²) < 4.78 is 23.0. The Kier molecular flexibility index (Phi) is 5.22. The zero-order valence-electron chi connectivity index (χ0n) is 9.70. The maximum absolute atomic E-state index is 13.2. The van der Waals surface area contributed by atoms with Crippen molar-refractivity contribution >= 4 is 0 Å². The highest BCUT2D eigenvalue weighted by atomic mass is 19.1. The third-order valence-electron chi connectivity index (χ3n) is 2.47. The standard InChI is InChI=1S/C12H18FNO2/c1-15-7-3-4-11(14)9-5-6-10(13)12(8-9)16-2/h5-6,8,11H,3-4,7,14H2,1-2H3. The Morgan fingerprint density at radius 3 is 2.75 bits per heavy atom. The molecule has 4 heteroatoms. The van der Waals surface area contributed by atoms with E-state index >= 15 is 0 Å². The molecule has 0 radical (unpaired) electrons. The first-order valence-electron chi connectivity index (χ1n) is 5.27. The fraction of sp³-hybridized carbons (Fsp3) is 0.500. The van der Waals surface area contributed by atoms with Gasteiger partial charge in [-0.25, -0.2) is 4.39 Å². The van der Waals surface area contributed by atoms with E-state index in [1.54, 1.807) is 19.2 Å². The minimum Gasteiger partial charge on any atom is -0.494 e. The number of halogens is 1. The summed E-state index contributed by atoms with van der Waals surface area (Å²) in [6.45, 7) is 0.687. The zero-order chi connectivity index (χ0) is 12.0. The average Bonchev–Trinajstić information content (AvgIpc) is 2.30. The van der Waals surface area contributed by atoms with E-state index in [0.717, 1.165) is 18.4 Å². The molecule has 0 fully saturated rings. The number of benzene rings is 1. The van der Waals surface area contributed by atoms with Crippen molar-refractivity contribution in [2.75, 3.05) is 20.8 Å². The van der Waals surface area contributed by atoms with Gasteiger partial charge in [0.15, 0.2) is 11.6 Å². The lowest BCUT2D eigenvalue weighted by Gasteiger charge is -2.13. The first kappa shape index (κ1) is 12.9. The fourth-order valence-electron chi connectivity index (χ4n) is 1.52. The monoisotopic (exact) mass is 227 g/mol. The second kappa shape index (κ2) is 6.45. The van der Waals surface area contributed by atoms with E-state index in [9.17, 15) is 4.39 Å². The molecule has 0 heterocycles. The van der Waals surface area contributed by atoms with Crippen LogP contribution in [0.2, 0.25) is 0 Å². The fourth-order valence-corrected chi connectivity index (χ4v) is 1.52. The quantitative estimate of drug-likeness (QED) is 0.758. The SMILES string of the molecule is COCCCC(N)c1ccc(F)c(OC)c1. The van der Waals surface area contributed by atoms with Gasteiger partial charge >= 0.3 is 0 Å². The molecule has 2 N–H and O–H groups in total. The molecule has 3 nitrogen and oxygen atoms in total. The Morgan fingerprint density at radius 1 is 1.38 bits per heavy atom. The van der Waals surface area contributed by atoms with E-state index in [-0.39, 0.29) is 17.6 Å². The molecule has 0 amide bonds. The van der Waals surface area contributed by atoms with Gasteiger partial charge in [0.1, 0.15) is 0 Å². The van der Waals surface area contributed by atoms with Crippen LogP contribution in [-0.4, -0.2) is 20.8 Å². The van der Waals surface area contributed by atoms with Gasteiger partial charge in [-0.15, -0.1) is 0 Å². The molecule has 0 aliphatic carbocycles. The Labute approximate surface area is 95.4 Å². The molecule has 90 valence electrons. The van der Waals surface area contributed by atoms with Crippen molar-refractivity contribution < 1.29 is 13.9 Å². The smallest absolute Gasteiger partial charge is 0.165 e. The van der Waals surface area contributed by atoms with E-state index < -0.39 is 0 Å². The molecule has 0 aliphatic heterocycles. The molecule has 1 unspecified atom stereocenters. The number of hydrogen-bond donors (Lipinski definition) is 1. The van der Waals surface area contributed by atoms with E-state index in [1.165, 1.54) is 13.2 Å². The summed E-state index contributed by atoms with van der Waals surface area (Å²) in [6.07, 6.45) is 1.69. The van der Waals surface area contributed by atoms with Crippen LogP contribution in [0.5, 0.6) is 5.75 Å². The highest BCUT2D eigenvalue weighted by molar-refractivity contribution is 5.31. The second-order valence-corrected chi connectivity index (χ2v) is 3.64. The van der Waals surface area contributed by atoms with Crippen LogP contribution in [0.4, 0.5) is 4.39 Å². The summed E-state index contributed by atoms with van der Waals surface area (Å²) in [4.78, 5) is 0. The van der Waals surface area contributed by atoms with Crippen molar-refractivity contribution in [3.05, 3.63) is 29.6 Å². The van der Waals surface area contributed by atoms with Crippen LogP contribution in [0.1, 0.15) is 24.4 Å². The van der Waals surface area contributed by atoms with Crippen LogP contribution in [0, 0.1) is 5.82 Å². The van der Waals surface area contributed by atoms with Crippen molar-refractivity contribution in [3.8, 4) is 5.75 Å². The van der Waals surface area contributed by atoms with Crippen molar-refractivity contribution in [2.24, 2.45) is 5.73 Å². The summed E-state index contributed by atoms with van der Waals surface area (Å²) >= 11 is 0. The third-order valence-corrected chi connectivity index (χ3v) is 2.47. The predicted octanol–water partition coefficient (Wildman–Crippen LogP) is 2.26. The summed E-state index contributed by atoms with van der Waals surface area (Å²) in [5.74, 6) is -0.130. The number of nitrogens with two attached hydrogens (primary N) is 1. The van der Waals surface area contributed by atoms with Crippen molar-refractivity contribution in [2.45, 2.75) is 18.9 Å². The molecule has 1 atom stereocenters. The Bertz CT molecular complexity index is 331. The molecule has 1 aromatic carbocycles. The van der Waals surface area contributed by atoms with Gasteiger partial charge in [-0.05, 0) is 30.5 Å². The highest BCUT2D eigenvalue weighted by Gasteiger charge is 2.09. The molecule has 0 bridgehead atoms. The molecule has 0 saturated carbocycles. The maximum atomic E-state index is 13.2. The highest BCUT2D eigenvalue weighted by Crippen LogP contribution is 2.23. The number of methoxy groups -OCH3 is 2. The Morgan fingerprint density at radius 2 is 2.12 bits per heavy atom.